The van der Waals surface area contributed by atoms with E-state index in [0.717, 1.165) is 0 Å². The van der Waals surface area contributed by atoms with Crippen molar-refractivity contribution in [2.75, 3.05) is 0 Å². The molecular formula is C14H15F2NO4S. The highest BCUT2D eigenvalue weighted by atomic mass is 32.2. The molecule has 0 spiro atoms. The van der Waals surface area contributed by atoms with E-state index in [1.807, 2.05) is 0 Å². The van der Waals surface area contributed by atoms with Crippen molar-refractivity contribution in [3.63, 3.8) is 0 Å². The molecule has 0 aliphatic heterocycles. The zero-order valence-corrected chi connectivity index (χ0v) is 12.4. The van der Waals surface area contributed by atoms with Gasteiger partial charge in [-0.2, -0.15) is 4.72 Å². The van der Waals surface area contributed by atoms with E-state index in [1.54, 1.807) is 0 Å². The van der Waals surface area contributed by atoms with Gasteiger partial charge in [0.15, 0.2) is 0 Å². The molecule has 2 saturated carbocycles. The molecule has 1 aromatic carbocycles. The summed E-state index contributed by atoms with van der Waals surface area (Å²) in [6.45, 7) is 0. The fourth-order valence-electron chi connectivity index (χ4n) is 2.68. The fourth-order valence-corrected chi connectivity index (χ4v) is 4.15. The average Bonchev–Trinajstić information content (AvgIpc) is 3.03. The van der Waals surface area contributed by atoms with Crippen LogP contribution in [0.5, 0.6) is 0 Å². The van der Waals surface area contributed by atoms with Gasteiger partial charge in [-0.1, -0.05) is 12.1 Å². The van der Waals surface area contributed by atoms with Crippen LogP contribution >= 0.6 is 0 Å². The Balaban J connectivity index is 1.87. The highest BCUT2D eigenvalue weighted by Gasteiger charge is 2.57. The van der Waals surface area contributed by atoms with Gasteiger partial charge in [-0.15, -0.1) is 0 Å². The molecule has 1 unspecified atom stereocenters. The monoisotopic (exact) mass is 331 g/mol. The molecule has 0 radical (unpaired) electrons. The van der Waals surface area contributed by atoms with Crippen LogP contribution in [-0.2, 0) is 14.8 Å². The lowest BCUT2D eigenvalue weighted by Gasteiger charge is -2.37. The highest BCUT2D eigenvalue weighted by molar-refractivity contribution is 7.89. The standard InChI is InChI=1S/C14H15F2NO4S/c15-14(16)8-11(14)9-3-1-4-10(7-9)22(20,21)17-13(12(18)19)5-2-6-13/h1,3-4,7,11,17H,2,5-6,8H2,(H,18,19). The van der Waals surface area contributed by atoms with Crippen molar-refractivity contribution in [2.45, 2.75) is 48.0 Å². The number of nitrogens with one attached hydrogen (secondary N) is 1. The van der Waals surface area contributed by atoms with Crippen molar-refractivity contribution in [3.05, 3.63) is 29.8 Å². The van der Waals surface area contributed by atoms with Crippen molar-refractivity contribution in [1.29, 1.82) is 0 Å². The van der Waals surface area contributed by atoms with Gasteiger partial charge in [-0.25, -0.2) is 17.2 Å². The van der Waals surface area contributed by atoms with E-state index in [2.05, 4.69) is 4.72 Å². The van der Waals surface area contributed by atoms with Gasteiger partial charge in [0.1, 0.15) is 5.54 Å². The van der Waals surface area contributed by atoms with Gasteiger partial charge in [0, 0.05) is 6.42 Å². The largest absolute Gasteiger partial charge is 0.480 e. The second-order valence-corrected chi connectivity index (χ2v) is 7.62. The second-order valence-electron chi connectivity index (χ2n) is 5.94. The molecule has 8 heteroatoms. The lowest BCUT2D eigenvalue weighted by Crippen LogP contribution is -2.58. The summed E-state index contributed by atoms with van der Waals surface area (Å²) in [5.74, 6) is -4.96. The second kappa shape index (κ2) is 4.73. The number of aliphatic carboxylic acids is 1. The first-order valence-corrected chi connectivity index (χ1v) is 8.40. The van der Waals surface area contributed by atoms with Gasteiger partial charge in [0.25, 0.3) is 5.92 Å². The summed E-state index contributed by atoms with van der Waals surface area (Å²) < 4.78 is 53.1. The van der Waals surface area contributed by atoms with Crippen LogP contribution in [0.15, 0.2) is 29.2 Å². The zero-order valence-electron chi connectivity index (χ0n) is 11.6. The molecule has 2 aliphatic rings. The number of benzene rings is 1. The molecule has 0 aromatic heterocycles. The lowest BCUT2D eigenvalue weighted by molar-refractivity contribution is -0.147. The molecule has 0 heterocycles. The third-order valence-electron chi connectivity index (χ3n) is 4.34. The Bertz CT molecular complexity index is 728. The van der Waals surface area contributed by atoms with E-state index in [4.69, 9.17) is 0 Å². The van der Waals surface area contributed by atoms with E-state index in [1.165, 1.54) is 24.3 Å². The van der Waals surface area contributed by atoms with Crippen LogP contribution in [0.25, 0.3) is 0 Å². The number of alkyl halides is 2. The van der Waals surface area contributed by atoms with Gasteiger partial charge in [0.2, 0.25) is 10.0 Å². The van der Waals surface area contributed by atoms with Crippen LogP contribution in [0.1, 0.15) is 37.2 Å². The van der Waals surface area contributed by atoms with Crippen LogP contribution in [-0.4, -0.2) is 31.0 Å². The third-order valence-corrected chi connectivity index (χ3v) is 5.88. The van der Waals surface area contributed by atoms with Crippen molar-refractivity contribution >= 4 is 16.0 Å². The number of hydrogen-bond acceptors (Lipinski definition) is 3. The minimum absolute atomic E-state index is 0.180. The maximum atomic E-state index is 13.1. The number of halogens is 2. The molecule has 22 heavy (non-hydrogen) atoms. The van der Waals surface area contributed by atoms with Gasteiger partial charge < -0.3 is 5.11 Å². The molecule has 120 valence electrons. The first-order valence-electron chi connectivity index (χ1n) is 6.91. The molecular weight excluding hydrogens is 316 g/mol. The van der Waals surface area contributed by atoms with Crippen LogP contribution in [0.2, 0.25) is 0 Å². The molecule has 2 fully saturated rings. The Hall–Kier alpha value is -1.54. The number of hydrogen-bond donors (Lipinski definition) is 2. The summed E-state index contributed by atoms with van der Waals surface area (Å²) in [5, 5.41) is 9.19. The average molecular weight is 331 g/mol. The Morgan fingerprint density at radius 3 is 2.41 bits per heavy atom. The molecule has 1 atom stereocenters. The van der Waals surface area contributed by atoms with Crippen molar-refractivity contribution in [3.8, 4) is 0 Å². The number of carbonyl (C=O) groups is 1. The summed E-state index contributed by atoms with van der Waals surface area (Å²) in [7, 11) is -4.07. The molecule has 3 rings (SSSR count). The Kier molecular flexibility index (Phi) is 3.30. The topological polar surface area (TPSA) is 83.5 Å². The Labute approximate surface area is 126 Å². The predicted molar refractivity (Wildman–Crippen MR) is 73.3 cm³/mol. The zero-order chi connectivity index (χ0) is 16.2. The van der Waals surface area contributed by atoms with E-state index < -0.39 is 33.4 Å². The molecule has 0 saturated heterocycles. The predicted octanol–water partition coefficient (Wildman–Crippen LogP) is 2.09. The fraction of sp³-hybridized carbons (Fsp3) is 0.500. The first kappa shape index (κ1) is 15.4. The minimum Gasteiger partial charge on any atom is -0.480 e. The summed E-state index contributed by atoms with van der Waals surface area (Å²) in [6, 6.07) is 5.33. The van der Waals surface area contributed by atoms with Gasteiger partial charge in [-0.3, -0.25) is 4.79 Å². The molecule has 0 bridgehead atoms. The highest BCUT2D eigenvalue weighted by Crippen LogP contribution is 2.55. The van der Waals surface area contributed by atoms with Crippen molar-refractivity contribution in [1.82, 2.24) is 4.72 Å². The number of rotatable bonds is 5. The third kappa shape index (κ3) is 2.50. The van der Waals surface area contributed by atoms with E-state index in [0.29, 0.717) is 6.42 Å². The maximum absolute atomic E-state index is 13.1. The number of carboxylic acids is 1. The van der Waals surface area contributed by atoms with Crippen LogP contribution in [0.4, 0.5) is 8.78 Å². The molecule has 5 nitrogen and oxygen atoms in total. The normalized spacial score (nSPS) is 25.3. The van der Waals surface area contributed by atoms with Crippen molar-refractivity contribution < 1.29 is 27.1 Å². The summed E-state index contributed by atoms with van der Waals surface area (Å²) >= 11 is 0. The van der Waals surface area contributed by atoms with Crippen LogP contribution in [0, 0.1) is 0 Å². The van der Waals surface area contributed by atoms with E-state index in [9.17, 15) is 27.1 Å². The quantitative estimate of drug-likeness (QED) is 0.865. The lowest BCUT2D eigenvalue weighted by atomic mass is 9.78. The Morgan fingerprint density at radius 2 is 1.95 bits per heavy atom. The summed E-state index contributed by atoms with van der Waals surface area (Å²) in [6.07, 6.45) is 0.788. The van der Waals surface area contributed by atoms with E-state index in [-0.39, 0.29) is 29.7 Å². The summed E-state index contributed by atoms with van der Waals surface area (Å²) in [5.41, 5.74) is -1.22. The van der Waals surface area contributed by atoms with Crippen molar-refractivity contribution in [2.24, 2.45) is 0 Å². The van der Waals surface area contributed by atoms with Crippen LogP contribution < -0.4 is 4.72 Å². The SMILES string of the molecule is O=C(O)C1(NS(=O)(=O)c2cccc(C3CC3(F)F)c2)CCC1. The number of carboxylic acid groups (broad SMARTS) is 1. The molecule has 1 aromatic rings. The maximum Gasteiger partial charge on any atom is 0.324 e. The Morgan fingerprint density at radius 1 is 1.32 bits per heavy atom. The van der Waals surface area contributed by atoms with E-state index >= 15 is 0 Å². The van der Waals surface area contributed by atoms with Gasteiger partial charge >= 0.3 is 5.97 Å². The molecule has 0 amide bonds. The molecule has 2 N–H and O–H groups in total. The summed E-state index contributed by atoms with van der Waals surface area (Å²) in [4.78, 5) is 11.1. The van der Waals surface area contributed by atoms with Gasteiger partial charge in [0.05, 0.1) is 10.8 Å². The minimum atomic E-state index is -4.07. The van der Waals surface area contributed by atoms with Gasteiger partial charge in [-0.05, 0) is 37.0 Å². The molecule has 2 aliphatic carbocycles. The van der Waals surface area contributed by atoms with Crippen LogP contribution in [0.3, 0.4) is 0 Å². The first-order chi connectivity index (χ1) is 10.2. The smallest absolute Gasteiger partial charge is 0.324 e. The number of sulfonamides is 1.